The highest BCUT2D eigenvalue weighted by Crippen LogP contribution is 2.37. The minimum absolute atomic E-state index is 0.00715. The standard InChI is InChI=1S/C32H42O5SSi/c1-6-30(31-24-35-31)37-26(21-22-38(33,34)27-19-17-25(2)18-20-27)23-36-39(32(3,4)5,28-13-9-7-10-14-28)29-15-11-8-12-16-29/h7-20,26,30-31H,6,21-24H2,1-5H3/t26-,30-,31+/m0/s1. The van der Waals surface area contributed by atoms with Crippen LogP contribution in [0.5, 0.6) is 0 Å². The fourth-order valence-electron chi connectivity index (χ4n) is 5.28. The van der Waals surface area contributed by atoms with E-state index in [0.717, 1.165) is 12.0 Å². The zero-order chi connectivity index (χ0) is 28.1. The van der Waals surface area contributed by atoms with Crippen LogP contribution < -0.4 is 10.4 Å². The molecule has 1 aliphatic heterocycles. The zero-order valence-corrected chi connectivity index (χ0v) is 25.6. The van der Waals surface area contributed by atoms with Crippen molar-refractivity contribution in [3.8, 4) is 0 Å². The van der Waals surface area contributed by atoms with E-state index < -0.39 is 18.2 Å². The van der Waals surface area contributed by atoms with Crippen molar-refractivity contribution in [2.45, 2.75) is 75.7 Å². The minimum Gasteiger partial charge on any atom is -0.405 e. The monoisotopic (exact) mass is 566 g/mol. The van der Waals surface area contributed by atoms with E-state index in [0.29, 0.717) is 24.5 Å². The molecule has 210 valence electrons. The van der Waals surface area contributed by atoms with Gasteiger partial charge in [0.1, 0.15) is 6.10 Å². The van der Waals surface area contributed by atoms with Gasteiger partial charge in [-0.15, -0.1) is 0 Å². The lowest BCUT2D eigenvalue weighted by molar-refractivity contribution is -0.0487. The van der Waals surface area contributed by atoms with Crippen molar-refractivity contribution < 1.29 is 22.3 Å². The Morgan fingerprint density at radius 1 is 0.923 bits per heavy atom. The van der Waals surface area contributed by atoms with Gasteiger partial charge in [-0.1, -0.05) is 106 Å². The lowest BCUT2D eigenvalue weighted by Gasteiger charge is -2.43. The molecular weight excluding hydrogens is 525 g/mol. The summed E-state index contributed by atoms with van der Waals surface area (Å²) in [5.74, 6) is -0.00715. The van der Waals surface area contributed by atoms with Gasteiger partial charge in [0.2, 0.25) is 0 Å². The lowest BCUT2D eigenvalue weighted by atomic mass is 10.2. The third-order valence-electron chi connectivity index (χ3n) is 7.53. The van der Waals surface area contributed by atoms with E-state index in [2.05, 4.69) is 76.2 Å². The summed E-state index contributed by atoms with van der Waals surface area (Å²) in [4.78, 5) is 0.345. The van der Waals surface area contributed by atoms with Crippen LogP contribution in [0.15, 0.2) is 89.8 Å². The van der Waals surface area contributed by atoms with Crippen molar-refractivity contribution in [1.82, 2.24) is 0 Å². The van der Waals surface area contributed by atoms with Crippen molar-refractivity contribution in [2.75, 3.05) is 19.0 Å². The molecule has 7 heteroatoms. The molecule has 0 aliphatic carbocycles. The maximum absolute atomic E-state index is 13.2. The molecule has 39 heavy (non-hydrogen) atoms. The van der Waals surface area contributed by atoms with Crippen LogP contribution in [0.25, 0.3) is 0 Å². The van der Waals surface area contributed by atoms with Crippen LogP contribution in [0.1, 0.15) is 46.1 Å². The van der Waals surface area contributed by atoms with Gasteiger partial charge in [-0.3, -0.25) is 0 Å². The van der Waals surface area contributed by atoms with Gasteiger partial charge in [0.25, 0.3) is 8.32 Å². The Kier molecular flexibility index (Phi) is 9.50. The molecule has 0 amide bonds. The van der Waals surface area contributed by atoms with Crippen molar-refractivity contribution in [3.63, 3.8) is 0 Å². The molecule has 0 N–H and O–H groups in total. The predicted molar refractivity (Wildman–Crippen MR) is 160 cm³/mol. The molecule has 1 saturated heterocycles. The molecule has 5 nitrogen and oxygen atoms in total. The third kappa shape index (κ3) is 7.08. The molecule has 3 atom stereocenters. The minimum atomic E-state index is -3.46. The first-order valence-corrected chi connectivity index (χ1v) is 17.4. The number of benzene rings is 3. The Hall–Kier alpha value is -2.29. The topological polar surface area (TPSA) is 65.1 Å². The molecule has 0 spiro atoms. The highest BCUT2D eigenvalue weighted by molar-refractivity contribution is 7.91. The largest absolute Gasteiger partial charge is 0.405 e. The normalized spacial score (nSPS) is 17.5. The fourth-order valence-corrected chi connectivity index (χ4v) is 11.2. The van der Waals surface area contributed by atoms with Gasteiger partial charge in [0.05, 0.1) is 36.1 Å². The first kappa shape index (κ1) is 29.7. The summed E-state index contributed by atoms with van der Waals surface area (Å²) in [5, 5.41) is 2.19. The van der Waals surface area contributed by atoms with Crippen molar-refractivity contribution in [1.29, 1.82) is 0 Å². The molecule has 3 aromatic carbocycles. The van der Waals surface area contributed by atoms with Crippen LogP contribution in [0.4, 0.5) is 0 Å². The zero-order valence-electron chi connectivity index (χ0n) is 23.8. The summed E-state index contributed by atoms with van der Waals surface area (Å²) < 4.78 is 45.7. The van der Waals surface area contributed by atoms with Crippen LogP contribution in [0.3, 0.4) is 0 Å². The number of aryl methyl sites for hydroxylation is 1. The molecule has 0 radical (unpaired) electrons. The van der Waals surface area contributed by atoms with Crippen molar-refractivity contribution in [2.24, 2.45) is 0 Å². The summed E-state index contributed by atoms with van der Waals surface area (Å²) in [6.45, 7) is 11.7. The van der Waals surface area contributed by atoms with Gasteiger partial charge >= 0.3 is 0 Å². The highest BCUT2D eigenvalue weighted by atomic mass is 32.2. The number of hydrogen-bond donors (Lipinski definition) is 0. The lowest BCUT2D eigenvalue weighted by Crippen LogP contribution is -2.67. The third-order valence-corrected chi connectivity index (χ3v) is 14.3. The maximum Gasteiger partial charge on any atom is 0.261 e. The first-order chi connectivity index (χ1) is 18.6. The van der Waals surface area contributed by atoms with Gasteiger partial charge in [-0.25, -0.2) is 8.42 Å². The number of hydrogen-bond acceptors (Lipinski definition) is 5. The Morgan fingerprint density at radius 2 is 1.46 bits per heavy atom. The van der Waals surface area contributed by atoms with Crippen LogP contribution in [0.2, 0.25) is 5.04 Å². The molecular formula is C32H42O5SSi. The smallest absolute Gasteiger partial charge is 0.261 e. The molecule has 0 saturated carbocycles. The Bertz CT molecular complexity index is 1240. The maximum atomic E-state index is 13.2. The number of rotatable bonds is 13. The van der Waals surface area contributed by atoms with Gasteiger partial charge in [0, 0.05) is 0 Å². The van der Waals surface area contributed by atoms with Crippen LogP contribution in [-0.2, 0) is 23.7 Å². The summed E-state index contributed by atoms with van der Waals surface area (Å²) in [6.07, 6.45) is 0.739. The van der Waals surface area contributed by atoms with E-state index in [1.807, 2.05) is 31.2 Å². The van der Waals surface area contributed by atoms with E-state index in [4.69, 9.17) is 13.9 Å². The molecule has 3 aromatic rings. The van der Waals surface area contributed by atoms with E-state index in [1.165, 1.54) is 10.4 Å². The van der Waals surface area contributed by atoms with Gasteiger partial charge in [-0.2, -0.15) is 0 Å². The molecule has 0 unspecified atom stereocenters. The van der Waals surface area contributed by atoms with Gasteiger partial charge in [-0.05, 0) is 47.3 Å². The number of sulfone groups is 1. The van der Waals surface area contributed by atoms with Crippen LogP contribution in [0, 0.1) is 6.92 Å². The highest BCUT2D eigenvalue weighted by Gasteiger charge is 2.50. The van der Waals surface area contributed by atoms with E-state index in [-0.39, 0.29) is 29.1 Å². The SMILES string of the molecule is CC[C@H](O[C@@H](CCS(=O)(=O)c1ccc(C)cc1)CO[Si](c1ccccc1)(c1ccccc1)C(C)(C)C)[C@H]1CO1. The quantitative estimate of drug-likeness (QED) is 0.208. The summed E-state index contributed by atoms with van der Waals surface area (Å²) in [5.41, 5.74) is 1.03. The van der Waals surface area contributed by atoms with Crippen LogP contribution >= 0.6 is 0 Å². The van der Waals surface area contributed by atoms with E-state index >= 15 is 0 Å². The van der Waals surface area contributed by atoms with Crippen molar-refractivity contribution >= 4 is 28.5 Å². The number of ether oxygens (including phenoxy) is 2. The first-order valence-electron chi connectivity index (χ1n) is 13.9. The predicted octanol–water partition coefficient (Wildman–Crippen LogP) is 5.30. The van der Waals surface area contributed by atoms with Crippen LogP contribution in [-0.4, -0.2) is 54.0 Å². The molecule has 4 rings (SSSR count). The van der Waals surface area contributed by atoms with Gasteiger partial charge in [0.15, 0.2) is 9.84 Å². The van der Waals surface area contributed by atoms with Crippen molar-refractivity contribution in [3.05, 3.63) is 90.5 Å². The molecule has 0 bridgehead atoms. The summed E-state index contributed by atoms with van der Waals surface area (Å²) >= 11 is 0. The molecule has 1 aliphatic rings. The Labute approximate surface area is 235 Å². The molecule has 1 heterocycles. The second kappa shape index (κ2) is 12.5. The van der Waals surface area contributed by atoms with E-state index in [9.17, 15) is 8.42 Å². The Balaban J connectivity index is 1.64. The summed E-state index contributed by atoms with van der Waals surface area (Å²) in [6, 6.07) is 28.0. The average molecular weight is 567 g/mol. The Morgan fingerprint density at radius 3 is 1.92 bits per heavy atom. The average Bonchev–Trinajstić information content (AvgIpc) is 3.76. The fraction of sp³-hybridized carbons (Fsp3) is 0.438. The van der Waals surface area contributed by atoms with Gasteiger partial charge < -0.3 is 13.9 Å². The van der Waals surface area contributed by atoms with E-state index in [1.54, 1.807) is 12.1 Å². The molecule has 1 fully saturated rings. The molecule has 0 aromatic heterocycles. The summed E-state index contributed by atoms with van der Waals surface area (Å²) in [7, 11) is -6.25. The second-order valence-corrected chi connectivity index (χ2v) is 17.9. The number of epoxide rings is 1. The second-order valence-electron chi connectivity index (χ2n) is 11.5.